The number of hydrogen-bond donors (Lipinski definition) is 1. The summed E-state index contributed by atoms with van der Waals surface area (Å²) in [5.41, 5.74) is 2.21. The summed E-state index contributed by atoms with van der Waals surface area (Å²) in [5, 5.41) is 10.9. The number of hydrogen-bond acceptors (Lipinski definition) is 2. The van der Waals surface area contributed by atoms with E-state index in [0.29, 0.717) is 11.8 Å². The third-order valence-electron chi connectivity index (χ3n) is 5.31. The van der Waals surface area contributed by atoms with Crippen LogP contribution in [0.3, 0.4) is 0 Å². The van der Waals surface area contributed by atoms with Crippen LogP contribution < -0.4 is 4.74 Å². The molecule has 1 aromatic rings. The van der Waals surface area contributed by atoms with Gasteiger partial charge in [0.25, 0.3) is 0 Å². The predicted molar refractivity (Wildman–Crippen MR) is 81.1 cm³/mol. The molecule has 1 aliphatic carbocycles. The molecule has 1 fully saturated rings. The van der Waals surface area contributed by atoms with Gasteiger partial charge in [-0.25, -0.2) is 0 Å². The molecule has 1 saturated carbocycles. The molecule has 20 heavy (non-hydrogen) atoms. The summed E-state index contributed by atoms with van der Waals surface area (Å²) in [6.07, 6.45) is 6.28. The average molecular weight is 274 g/mol. The van der Waals surface area contributed by atoms with Gasteiger partial charge in [-0.1, -0.05) is 32.4 Å². The minimum atomic E-state index is -0.465. The summed E-state index contributed by atoms with van der Waals surface area (Å²) >= 11 is 0. The second-order valence-electron chi connectivity index (χ2n) is 6.93. The van der Waals surface area contributed by atoms with Crippen LogP contribution in [0.5, 0.6) is 5.75 Å². The standard InChI is InChI=1S/C18H26O2/c1-13-3-4-14(2)18(19,12-13)9-7-15-5-6-17-16(11-15)8-10-20-17/h5-6,11,13-14,19H,3-4,7-10,12H2,1-2H3. The van der Waals surface area contributed by atoms with E-state index >= 15 is 0 Å². The molecule has 0 bridgehead atoms. The molecule has 2 aliphatic rings. The molecule has 2 heteroatoms. The Labute approximate surface area is 122 Å². The SMILES string of the molecule is CC1CCC(C)C(O)(CCc2ccc3c(c2)CCO3)C1. The van der Waals surface area contributed by atoms with Crippen molar-refractivity contribution in [2.45, 2.75) is 58.0 Å². The van der Waals surface area contributed by atoms with Gasteiger partial charge in [0.15, 0.2) is 0 Å². The Morgan fingerprint density at radius 2 is 2.15 bits per heavy atom. The normalized spacial score (nSPS) is 32.8. The Balaban J connectivity index is 1.66. The van der Waals surface area contributed by atoms with Crippen molar-refractivity contribution >= 4 is 0 Å². The van der Waals surface area contributed by atoms with Crippen molar-refractivity contribution in [1.82, 2.24) is 0 Å². The van der Waals surface area contributed by atoms with Crippen molar-refractivity contribution in [3.8, 4) is 5.75 Å². The van der Waals surface area contributed by atoms with Crippen LogP contribution in [0.15, 0.2) is 18.2 Å². The minimum Gasteiger partial charge on any atom is -0.493 e. The first-order chi connectivity index (χ1) is 9.57. The molecule has 0 saturated heterocycles. The first-order valence-corrected chi connectivity index (χ1v) is 8.04. The summed E-state index contributed by atoms with van der Waals surface area (Å²) in [7, 11) is 0. The molecule has 1 aliphatic heterocycles. The first-order valence-electron chi connectivity index (χ1n) is 8.04. The van der Waals surface area contributed by atoms with E-state index in [2.05, 4.69) is 32.0 Å². The number of aryl methyl sites for hydroxylation is 1. The second-order valence-corrected chi connectivity index (χ2v) is 6.93. The molecular formula is C18H26O2. The number of rotatable bonds is 3. The fraction of sp³-hybridized carbons (Fsp3) is 0.667. The molecule has 0 radical (unpaired) electrons. The third kappa shape index (κ3) is 2.71. The van der Waals surface area contributed by atoms with Gasteiger partial charge in [0.2, 0.25) is 0 Å². The maximum atomic E-state index is 10.9. The van der Waals surface area contributed by atoms with Gasteiger partial charge in [0, 0.05) is 6.42 Å². The van der Waals surface area contributed by atoms with Crippen LogP contribution in [0.4, 0.5) is 0 Å². The highest BCUT2D eigenvalue weighted by atomic mass is 16.5. The van der Waals surface area contributed by atoms with Crippen LogP contribution in [0.25, 0.3) is 0 Å². The third-order valence-corrected chi connectivity index (χ3v) is 5.31. The highest BCUT2D eigenvalue weighted by molar-refractivity contribution is 5.39. The topological polar surface area (TPSA) is 29.5 Å². The van der Waals surface area contributed by atoms with Gasteiger partial charge >= 0.3 is 0 Å². The monoisotopic (exact) mass is 274 g/mol. The van der Waals surface area contributed by atoms with E-state index in [4.69, 9.17) is 4.74 Å². The van der Waals surface area contributed by atoms with E-state index in [0.717, 1.165) is 44.5 Å². The van der Waals surface area contributed by atoms with Gasteiger partial charge in [0.05, 0.1) is 12.2 Å². The summed E-state index contributed by atoms with van der Waals surface area (Å²) in [5.74, 6) is 2.13. The van der Waals surface area contributed by atoms with Crippen LogP contribution in [0.1, 0.15) is 50.7 Å². The summed E-state index contributed by atoms with van der Waals surface area (Å²) in [4.78, 5) is 0. The van der Waals surface area contributed by atoms with Crippen LogP contribution in [-0.4, -0.2) is 17.3 Å². The van der Waals surface area contributed by atoms with Crippen molar-refractivity contribution in [3.63, 3.8) is 0 Å². The molecular weight excluding hydrogens is 248 g/mol. The molecule has 110 valence electrons. The van der Waals surface area contributed by atoms with E-state index in [-0.39, 0.29) is 0 Å². The maximum absolute atomic E-state index is 10.9. The Morgan fingerprint density at radius 3 is 3.00 bits per heavy atom. The largest absolute Gasteiger partial charge is 0.493 e. The zero-order chi connectivity index (χ0) is 14.2. The van der Waals surface area contributed by atoms with Gasteiger partial charge in [-0.3, -0.25) is 0 Å². The molecule has 0 amide bonds. The first kappa shape index (κ1) is 13.9. The average Bonchev–Trinajstić information content (AvgIpc) is 2.89. The van der Waals surface area contributed by atoms with Gasteiger partial charge in [0.1, 0.15) is 5.75 Å². The van der Waals surface area contributed by atoms with Gasteiger partial charge in [-0.2, -0.15) is 0 Å². The molecule has 3 unspecified atom stereocenters. The quantitative estimate of drug-likeness (QED) is 0.910. The molecule has 0 aromatic heterocycles. The summed E-state index contributed by atoms with van der Waals surface area (Å²) < 4.78 is 5.55. The molecule has 3 rings (SSSR count). The molecule has 0 spiro atoms. The highest BCUT2D eigenvalue weighted by Crippen LogP contribution is 2.40. The van der Waals surface area contributed by atoms with Crippen LogP contribution in [0, 0.1) is 11.8 Å². The van der Waals surface area contributed by atoms with Crippen LogP contribution >= 0.6 is 0 Å². The van der Waals surface area contributed by atoms with Crippen LogP contribution in [0.2, 0.25) is 0 Å². The van der Waals surface area contributed by atoms with Crippen molar-refractivity contribution in [1.29, 1.82) is 0 Å². The molecule has 2 nitrogen and oxygen atoms in total. The molecule has 3 atom stereocenters. The van der Waals surface area contributed by atoms with E-state index in [1.54, 1.807) is 0 Å². The summed E-state index contributed by atoms with van der Waals surface area (Å²) in [6, 6.07) is 6.52. The lowest BCUT2D eigenvalue weighted by molar-refractivity contribution is -0.0626. The lowest BCUT2D eigenvalue weighted by atomic mass is 9.70. The Morgan fingerprint density at radius 1 is 1.30 bits per heavy atom. The fourth-order valence-electron chi connectivity index (χ4n) is 3.81. The minimum absolute atomic E-state index is 0.427. The number of aliphatic hydroxyl groups is 1. The van der Waals surface area contributed by atoms with E-state index in [1.807, 2.05) is 0 Å². The summed E-state index contributed by atoms with van der Waals surface area (Å²) in [6.45, 7) is 5.29. The van der Waals surface area contributed by atoms with Crippen LogP contribution in [-0.2, 0) is 12.8 Å². The Kier molecular flexibility index (Phi) is 3.76. The van der Waals surface area contributed by atoms with E-state index in [1.165, 1.54) is 17.5 Å². The second kappa shape index (κ2) is 5.40. The molecule has 1 heterocycles. The van der Waals surface area contributed by atoms with Gasteiger partial charge in [-0.05, 0) is 54.7 Å². The van der Waals surface area contributed by atoms with Gasteiger partial charge < -0.3 is 9.84 Å². The van der Waals surface area contributed by atoms with E-state index in [9.17, 15) is 5.11 Å². The maximum Gasteiger partial charge on any atom is 0.122 e. The van der Waals surface area contributed by atoms with Crippen molar-refractivity contribution in [3.05, 3.63) is 29.3 Å². The lowest BCUT2D eigenvalue weighted by Gasteiger charge is -2.41. The predicted octanol–water partition coefficient (Wildman–Crippen LogP) is 3.74. The Bertz CT molecular complexity index is 482. The van der Waals surface area contributed by atoms with Crippen molar-refractivity contribution in [2.24, 2.45) is 11.8 Å². The Hall–Kier alpha value is -1.02. The molecule has 1 aromatic carbocycles. The van der Waals surface area contributed by atoms with Crippen molar-refractivity contribution in [2.75, 3.05) is 6.61 Å². The van der Waals surface area contributed by atoms with Gasteiger partial charge in [-0.15, -0.1) is 0 Å². The number of fused-ring (bicyclic) bond motifs is 1. The zero-order valence-corrected chi connectivity index (χ0v) is 12.7. The highest BCUT2D eigenvalue weighted by Gasteiger charge is 2.38. The molecule has 1 N–H and O–H groups in total. The number of ether oxygens (including phenoxy) is 1. The lowest BCUT2D eigenvalue weighted by Crippen LogP contribution is -2.42. The zero-order valence-electron chi connectivity index (χ0n) is 12.7. The number of benzene rings is 1. The van der Waals surface area contributed by atoms with E-state index < -0.39 is 5.60 Å². The smallest absolute Gasteiger partial charge is 0.122 e. The fourth-order valence-corrected chi connectivity index (χ4v) is 3.81. The van der Waals surface area contributed by atoms with Crippen molar-refractivity contribution < 1.29 is 9.84 Å².